The van der Waals surface area contributed by atoms with Crippen molar-refractivity contribution in [3.8, 4) is 0 Å². The largest absolute Gasteiger partial charge is 0.331 e. The van der Waals surface area contributed by atoms with Crippen LogP contribution in [0.2, 0.25) is 0 Å². The van der Waals surface area contributed by atoms with Crippen LogP contribution in [-0.4, -0.2) is 29.1 Å². The molecule has 6 aromatic rings. The second-order valence-electron chi connectivity index (χ2n) is 11.9. The Morgan fingerprint density at radius 3 is 1.90 bits per heavy atom. The Kier molecular flexibility index (Phi) is 9.90. The second kappa shape index (κ2) is 14.8. The van der Waals surface area contributed by atoms with Crippen LogP contribution >= 0.6 is 0 Å². The van der Waals surface area contributed by atoms with Crippen molar-refractivity contribution >= 4 is 67.8 Å². The van der Waals surface area contributed by atoms with Crippen LogP contribution in [0.25, 0.3) is 21.5 Å². The van der Waals surface area contributed by atoms with E-state index in [0.29, 0.717) is 23.4 Å². The van der Waals surface area contributed by atoms with Gasteiger partial charge in [0.15, 0.2) is 5.78 Å². The summed E-state index contributed by atoms with van der Waals surface area (Å²) in [6, 6.07) is 41.7. The maximum Gasteiger partial charge on any atom is 0.331 e. The maximum atomic E-state index is 13.5. The number of anilines is 3. The average Bonchev–Trinajstić information content (AvgIpc) is 3.13. The van der Waals surface area contributed by atoms with Crippen LogP contribution in [0.1, 0.15) is 54.7 Å². The van der Waals surface area contributed by atoms with Crippen LogP contribution in [0.5, 0.6) is 0 Å². The molecule has 0 saturated carbocycles. The van der Waals surface area contributed by atoms with Gasteiger partial charge >= 0.3 is 11.9 Å². The molecule has 50 heavy (non-hydrogen) atoms. The first kappa shape index (κ1) is 33.5. The van der Waals surface area contributed by atoms with Crippen molar-refractivity contribution in [3.63, 3.8) is 0 Å². The van der Waals surface area contributed by atoms with E-state index in [1.54, 1.807) is 13.8 Å². The van der Waals surface area contributed by atoms with Crippen molar-refractivity contribution < 1.29 is 24.1 Å². The lowest BCUT2D eigenvalue weighted by Crippen LogP contribution is -2.12. The van der Waals surface area contributed by atoms with E-state index in [1.807, 2.05) is 103 Å². The van der Waals surface area contributed by atoms with Crippen molar-refractivity contribution in [2.45, 2.75) is 34.1 Å². The van der Waals surface area contributed by atoms with Gasteiger partial charge in [-0.15, -0.1) is 0 Å². The van der Waals surface area contributed by atoms with Crippen molar-refractivity contribution in [1.29, 1.82) is 0 Å². The molecule has 0 aromatic heterocycles. The highest BCUT2D eigenvalue weighted by molar-refractivity contribution is 6.06. The Labute approximate surface area is 290 Å². The van der Waals surface area contributed by atoms with Gasteiger partial charge in [-0.25, -0.2) is 9.59 Å². The van der Waals surface area contributed by atoms with Gasteiger partial charge in [0.1, 0.15) is 0 Å². The molecule has 6 aromatic carbocycles. The van der Waals surface area contributed by atoms with Crippen LogP contribution in [0, 0.1) is 0 Å². The van der Waals surface area contributed by atoms with Crippen LogP contribution in [-0.2, 0) is 25.7 Å². The van der Waals surface area contributed by atoms with Crippen LogP contribution < -0.4 is 4.90 Å². The Morgan fingerprint density at radius 1 is 0.540 bits per heavy atom. The minimum atomic E-state index is -0.499. The summed E-state index contributed by atoms with van der Waals surface area (Å²) in [6.07, 6.45) is 0.301. The molecule has 0 aliphatic rings. The lowest BCUT2D eigenvalue weighted by atomic mass is 9.97. The summed E-state index contributed by atoms with van der Waals surface area (Å²) in [7, 11) is 0. The van der Waals surface area contributed by atoms with Crippen molar-refractivity contribution in [2.75, 3.05) is 4.90 Å². The summed E-state index contributed by atoms with van der Waals surface area (Å²) in [5.74, 6) is -0.948. The van der Waals surface area contributed by atoms with E-state index in [4.69, 9.17) is 9.68 Å². The minimum Gasteiger partial charge on any atom is -0.318 e. The zero-order valence-corrected chi connectivity index (χ0v) is 28.2. The first-order valence-electron chi connectivity index (χ1n) is 16.2. The van der Waals surface area contributed by atoms with Gasteiger partial charge in [-0.1, -0.05) is 101 Å². The van der Waals surface area contributed by atoms with Gasteiger partial charge in [0.2, 0.25) is 0 Å². The Hall–Kier alpha value is -6.41. The smallest absolute Gasteiger partial charge is 0.318 e. The molecule has 0 fully saturated rings. The minimum absolute atomic E-state index is 0.0426. The van der Waals surface area contributed by atoms with Crippen LogP contribution in [0.15, 0.2) is 138 Å². The van der Waals surface area contributed by atoms with Gasteiger partial charge in [0.25, 0.3) is 0 Å². The van der Waals surface area contributed by atoms with E-state index in [0.717, 1.165) is 55.3 Å². The van der Waals surface area contributed by atoms with Gasteiger partial charge in [0, 0.05) is 48.2 Å². The van der Waals surface area contributed by atoms with Gasteiger partial charge in [-0.05, 0) is 77.5 Å². The number of hydrogen-bond donors (Lipinski definition) is 0. The zero-order chi connectivity index (χ0) is 35.2. The number of carbonyl (C=O) groups is 3. The van der Waals surface area contributed by atoms with Crippen LogP contribution in [0.3, 0.4) is 0 Å². The molecule has 0 N–H and O–H groups in total. The van der Waals surface area contributed by atoms with E-state index in [9.17, 15) is 14.4 Å². The van der Waals surface area contributed by atoms with E-state index in [2.05, 4.69) is 39.5 Å². The average molecular weight is 662 g/mol. The molecule has 0 aliphatic carbocycles. The molecule has 0 unspecified atom stereocenters. The fourth-order valence-corrected chi connectivity index (χ4v) is 5.79. The molecule has 0 aliphatic heterocycles. The van der Waals surface area contributed by atoms with Crippen molar-refractivity contribution in [2.24, 2.45) is 10.3 Å². The number of Topliss-reactive ketones (excluding diaryl/α,β-unsaturated/α-hetero) is 1. The molecule has 6 rings (SSSR count). The summed E-state index contributed by atoms with van der Waals surface area (Å²) in [5, 5.41) is 12.0. The predicted octanol–water partition coefficient (Wildman–Crippen LogP) is 9.46. The van der Waals surface area contributed by atoms with E-state index in [1.165, 1.54) is 13.8 Å². The van der Waals surface area contributed by atoms with E-state index in [-0.39, 0.29) is 5.78 Å². The summed E-state index contributed by atoms with van der Waals surface area (Å²) in [5.41, 5.74) is 6.86. The molecule has 0 amide bonds. The molecule has 8 heteroatoms. The Balaban J connectivity index is 1.39. The van der Waals surface area contributed by atoms with Crippen molar-refractivity contribution in [3.05, 3.63) is 150 Å². The zero-order valence-electron chi connectivity index (χ0n) is 28.2. The number of oxime groups is 2. The number of nitrogens with zero attached hydrogens (tertiary/aromatic N) is 3. The first-order chi connectivity index (χ1) is 24.2. The normalized spacial score (nSPS) is 11.8. The number of rotatable bonds is 10. The Bertz CT molecular complexity index is 2310. The van der Waals surface area contributed by atoms with Gasteiger partial charge in [-0.3, -0.25) is 4.79 Å². The lowest BCUT2D eigenvalue weighted by molar-refractivity contribution is -0.141. The molecular formula is C42H35N3O5. The monoisotopic (exact) mass is 661 g/mol. The number of carbonyl (C=O) groups excluding carboxylic acids is 3. The fraction of sp³-hybridized carbons (Fsp3) is 0.119. The quantitative estimate of drug-likeness (QED) is 0.0628. The highest BCUT2D eigenvalue weighted by Crippen LogP contribution is 2.39. The first-order valence-corrected chi connectivity index (χ1v) is 16.2. The summed E-state index contributed by atoms with van der Waals surface area (Å²) < 4.78 is 0. The molecule has 8 nitrogen and oxygen atoms in total. The highest BCUT2D eigenvalue weighted by Gasteiger charge is 2.18. The molecule has 0 heterocycles. The molecule has 0 spiro atoms. The topological polar surface area (TPSA) is 97.6 Å². The third-order valence-corrected chi connectivity index (χ3v) is 8.29. The van der Waals surface area contributed by atoms with E-state index < -0.39 is 11.9 Å². The second-order valence-corrected chi connectivity index (χ2v) is 11.9. The van der Waals surface area contributed by atoms with Gasteiger partial charge < -0.3 is 14.6 Å². The SMILES string of the molecule is CC(=O)O/N=C(/C)c1ccc(N(c2cccc(/C(C)=N\OC(C)=O)c2)c2cccc3cc(C(=O)Cc4ccc5ccccc5c4)ccc23)cc1. The standard InChI is InChI=1S/C42H35N3O5/c1-27(43-49-29(3)46)32-17-20-38(21-18-32)45(39-13-7-11-34(26-39)28(2)44-50-30(4)47)41-14-8-12-36-25-37(19-22-40(36)41)42(48)24-31-15-16-33-9-5-6-10-35(33)23-31/h5-23,25-26H,24H2,1-4H3/b43-27-,44-28-. The number of benzene rings is 6. The summed E-state index contributed by atoms with van der Waals surface area (Å²) >= 11 is 0. The molecule has 0 bridgehead atoms. The fourth-order valence-electron chi connectivity index (χ4n) is 5.79. The Morgan fingerprint density at radius 2 is 1.18 bits per heavy atom. The highest BCUT2D eigenvalue weighted by atomic mass is 16.7. The third kappa shape index (κ3) is 7.66. The van der Waals surface area contributed by atoms with Crippen molar-refractivity contribution in [1.82, 2.24) is 0 Å². The lowest BCUT2D eigenvalue weighted by Gasteiger charge is -2.27. The molecule has 0 saturated heterocycles. The van der Waals surface area contributed by atoms with E-state index >= 15 is 0 Å². The number of ketones is 1. The van der Waals surface area contributed by atoms with Gasteiger partial charge in [-0.2, -0.15) is 0 Å². The summed E-state index contributed by atoms with van der Waals surface area (Å²) in [6.45, 7) is 6.16. The maximum absolute atomic E-state index is 13.5. The molecule has 0 atom stereocenters. The third-order valence-electron chi connectivity index (χ3n) is 8.29. The molecule has 0 radical (unpaired) electrons. The van der Waals surface area contributed by atoms with Crippen LogP contribution in [0.4, 0.5) is 17.1 Å². The molecular weight excluding hydrogens is 626 g/mol. The number of fused-ring (bicyclic) bond motifs is 2. The van der Waals surface area contributed by atoms with Gasteiger partial charge in [0.05, 0.1) is 17.1 Å². The summed E-state index contributed by atoms with van der Waals surface area (Å²) in [4.78, 5) is 48.1. The molecule has 248 valence electrons. The number of hydrogen-bond acceptors (Lipinski definition) is 8. The predicted molar refractivity (Wildman–Crippen MR) is 199 cm³/mol.